The molecule has 2 aliphatic rings. The zero-order valence-electron chi connectivity index (χ0n) is 10.5. The monoisotopic (exact) mass is 272 g/mol. The van der Waals surface area contributed by atoms with E-state index in [0.717, 1.165) is 23.0 Å². The molecule has 6 heteroatoms. The summed E-state index contributed by atoms with van der Waals surface area (Å²) in [7, 11) is 0. The zero-order valence-corrected chi connectivity index (χ0v) is 11.3. The van der Waals surface area contributed by atoms with Crippen LogP contribution in [-0.2, 0) is 9.53 Å². The first-order valence-corrected chi connectivity index (χ1v) is 7.58. The minimum Gasteiger partial charge on any atom is -0.447 e. The third-order valence-corrected chi connectivity index (χ3v) is 4.88. The number of carbonyl (C=O) groups is 2. The van der Waals surface area contributed by atoms with Gasteiger partial charge in [-0.05, 0) is 31.4 Å². The molecule has 2 fully saturated rings. The highest BCUT2D eigenvalue weighted by Gasteiger charge is 2.31. The molecular formula is C12H20N2O3S. The van der Waals surface area contributed by atoms with Gasteiger partial charge in [0.15, 0.2) is 0 Å². The fourth-order valence-electron chi connectivity index (χ4n) is 2.35. The Kier molecular flexibility index (Phi) is 4.88. The van der Waals surface area contributed by atoms with Crippen molar-refractivity contribution in [2.24, 2.45) is 5.73 Å². The summed E-state index contributed by atoms with van der Waals surface area (Å²) >= 11 is 2.02. The summed E-state index contributed by atoms with van der Waals surface area (Å²) in [4.78, 5) is 24.2. The Bertz CT molecular complexity index is 318. The van der Waals surface area contributed by atoms with Crippen molar-refractivity contribution in [2.45, 2.75) is 43.4 Å². The van der Waals surface area contributed by atoms with Crippen LogP contribution in [0.2, 0.25) is 0 Å². The number of ether oxygens (including phenoxy) is 1. The van der Waals surface area contributed by atoms with Gasteiger partial charge in [-0.1, -0.05) is 6.42 Å². The molecule has 0 aromatic rings. The summed E-state index contributed by atoms with van der Waals surface area (Å²) < 4.78 is 4.73. The molecule has 0 radical (unpaired) electrons. The van der Waals surface area contributed by atoms with Gasteiger partial charge in [-0.2, -0.15) is 11.8 Å². The van der Waals surface area contributed by atoms with E-state index in [9.17, 15) is 9.59 Å². The van der Waals surface area contributed by atoms with E-state index < -0.39 is 12.1 Å². The van der Waals surface area contributed by atoms with Crippen LogP contribution in [0.5, 0.6) is 0 Å². The van der Waals surface area contributed by atoms with Crippen LogP contribution in [0.4, 0.5) is 4.79 Å². The van der Waals surface area contributed by atoms with Gasteiger partial charge in [0, 0.05) is 5.25 Å². The number of hydrogen-bond acceptors (Lipinski definition) is 5. The molecule has 0 aromatic heterocycles. The molecule has 0 aromatic carbocycles. The van der Waals surface area contributed by atoms with E-state index in [1.807, 2.05) is 11.8 Å². The van der Waals surface area contributed by atoms with E-state index in [1.54, 1.807) is 0 Å². The van der Waals surface area contributed by atoms with E-state index >= 15 is 0 Å². The molecule has 2 saturated heterocycles. The number of nitrogens with two attached hydrogens (primary N) is 1. The molecule has 2 rings (SSSR count). The van der Waals surface area contributed by atoms with Crippen molar-refractivity contribution in [2.75, 3.05) is 18.9 Å². The number of carbonyl (C=O) groups excluding carboxylic acids is 2. The first kappa shape index (κ1) is 13.7. The first-order chi connectivity index (χ1) is 8.68. The number of thioether (sulfide) groups is 1. The third-order valence-electron chi connectivity index (χ3n) is 3.41. The van der Waals surface area contributed by atoms with E-state index in [-0.39, 0.29) is 12.5 Å². The van der Waals surface area contributed by atoms with Crippen molar-refractivity contribution in [1.29, 1.82) is 0 Å². The van der Waals surface area contributed by atoms with Crippen molar-refractivity contribution in [3.05, 3.63) is 0 Å². The van der Waals surface area contributed by atoms with Crippen LogP contribution >= 0.6 is 11.8 Å². The zero-order chi connectivity index (χ0) is 13.0. The van der Waals surface area contributed by atoms with Gasteiger partial charge in [-0.25, -0.2) is 9.69 Å². The summed E-state index contributed by atoms with van der Waals surface area (Å²) in [6.07, 6.45) is 4.76. The summed E-state index contributed by atoms with van der Waals surface area (Å²) in [5, 5.41) is 0.740. The lowest BCUT2D eigenvalue weighted by molar-refractivity contribution is -0.129. The van der Waals surface area contributed by atoms with Crippen LogP contribution in [0.25, 0.3) is 0 Å². The van der Waals surface area contributed by atoms with Gasteiger partial charge in [-0.15, -0.1) is 0 Å². The van der Waals surface area contributed by atoms with Crippen LogP contribution in [0, 0.1) is 0 Å². The summed E-state index contributed by atoms with van der Waals surface area (Å²) in [6, 6.07) is -0.568. The molecule has 1 unspecified atom stereocenters. The Hall–Kier alpha value is -0.750. The Labute approximate surface area is 111 Å². The Morgan fingerprint density at radius 1 is 1.61 bits per heavy atom. The minimum atomic E-state index is -0.568. The lowest BCUT2D eigenvalue weighted by Gasteiger charge is -2.17. The Balaban J connectivity index is 1.68. The fourth-order valence-corrected chi connectivity index (χ4v) is 3.69. The van der Waals surface area contributed by atoms with Crippen molar-refractivity contribution >= 4 is 23.8 Å². The average molecular weight is 272 g/mol. The maximum Gasteiger partial charge on any atom is 0.416 e. The second kappa shape index (κ2) is 6.43. The topological polar surface area (TPSA) is 72.6 Å². The molecule has 0 saturated carbocycles. The molecule has 0 spiro atoms. The number of nitrogens with zero attached hydrogens (tertiary/aromatic N) is 1. The molecule has 0 aliphatic carbocycles. The SMILES string of the molecule is NC(CCC[C@H]1CCCS1)C(=O)N1CCOC1=O. The molecule has 0 bridgehead atoms. The standard InChI is InChI=1S/C12H20N2O3S/c13-10(5-1-3-9-4-2-8-18-9)11(15)14-6-7-17-12(14)16/h9-10H,1-8,13H2/t9-,10?/m0/s1. The van der Waals surface area contributed by atoms with Crippen LogP contribution < -0.4 is 5.73 Å². The highest BCUT2D eigenvalue weighted by Crippen LogP contribution is 2.30. The largest absolute Gasteiger partial charge is 0.447 e. The lowest BCUT2D eigenvalue weighted by Crippen LogP contribution is -2.44. The number of rotatable bonds is 5. The van der Waals surface area contributed by atoms with E-state index in [0.29, 0.717) is 13.0 Å². The maximum atomic E-state index is 11.9. The van der Waals surface area contributed by atoms with Gasteiger partial charge in [0.1, 0.15) is 6.61 Å². The number of imide groups is 1. The van der Waals surface area contributed by atoms with E-state index in [1.165, 1.54) is 18.6 Å². The Morgan fingerprint density at radius 2 is 2.44 bits per heavy atom. The van der Waals surface area contributed by atoms with Crippen LogP contribution in [0.1, 0.15) is 32.1 Å². The molecule has 5 nitrogen and oxygen atoms in total. The van der Waals surface area contributed by atoms with Gasteiger partial charge < -0.3 is 10.5 Å². The molecular weight excluding hydrogens is 252 g/mol. The highest BCUT2D eigenvalue weighted by atomic mass is 32.2. The van der Waals surface area contributed by atoms with Gasteiger partial charge in [0.2, 0.25) is 5.91 Å². The Morgan fingerprint density at radius 3 is 3.06 bits per heavy atom. The van der Waals surface area contributed by atoms with Gasteiger partial charge in [0.05, 0.1) is 12.6 Å². The molecule has 2 heterocycles. The predicted octanol–water partition coefficient (Wildman–Crippen LogP) is 1.36. The van der Waals surface area contributed by atoms with E-state index in [2.05, 4.69) is 0 Å². The minimum absolute atomic E-state index is 0.288. The summed E-state index contributed by atoms with van der Waals surface area (Å²) in [5.74, 6) is 0.964. The van der Waals surface area contributed by atoms with Crippen molar-refractivity contribution in [3.63, 3.8) is 0 Å². The van der Waals surface area contributed by atoms with Crippen molar-refractivity contribution in [1.82, 2.24) is 4.90 Å². The van der Waals surface area contributed by atoms with Crippen LogP contribution in [-0.4, -0.2) is 47.1 Å². The third kappa shape index (κ3) is 3.38. The molecule has 2 atom stereocenters. The number of cyclic esters (lactones) is 1. The molecule has 2 N–H and O–H groups in total. The van der Waals surface area contributed by atoms with Gasteiger partial charge in [-0.3, -0.25) is 4.79 Å². The molecule has 102 valence electrons. The van der Waals surface area contributed by atoms with Crippen molar-refractivity contribution in [3.8, 4) is 0 Å². The van der Waals surface area contributed by atoms with Crippen LogP contribution in [0.15, 0.2) is 0 Å². The normalized spacial score (nSPS) is 25.3. The lowest BCUT2D eigenvalue weighted by atomic mass is 10.1. The number of hydrogen-bond donors (Lipinski definition) is 1. The average Bonchev–Trinajstić information content (AvgIpc) is 2.99. The second-order valence-electron chi connectivity index (χ2n) is 4.78. The molecule has 2 amide bonds. The molecule has 18 heavy (non-hydrogen) atoms. The quantitative estimate of drug-likeness (QED) is 0.818. The smallest absolute Gasteiger partial charge is 0.416 e. The van der Waals surface area contributed by atoms with Gasteiger partial charge >= 0.3 is 6.09 Å². The molecule has 2 aliphatic heterocycles. The fraction of sp³-hybridized carbons (Fsp3) is 0.833. The van der Waals surface area contributed by atoms with Gasteiger partial charge in [0.25, 0.3) is 0 Å². The highest BCUT2D eigenvalue weighted by molar-refractivity contribution is 8.00. The summed E-state index contributed by atoms with van der Waals surface area (Å²) in [6.45, 7) is 0.625. The number of amides is 2. The maximum absolute atomic E-state index is 11.9. The van der Waals surface area contributed by atoms with Crippen LogP contribution in [0.3, 0.4) is 0 Å². The predicted molar refractivity (Wildman–Crippen MR) is 70.4 cm³/mol. The first-order valence-electron chi connectivity index (χ1n) is 6.54. The van der Waals surface area contributed by atoms with E-state index in [4.69, 9.17) is 10.5 Å². The van der Waals surface area contributed by atoms with Crippen molar-refractivity contribution < 1.29 is 14.3 Å². The summed E-state index contributed by atoms with van der Waals surface area (Å²) in [5.41, 5.74) is 5.84. The second-order valence-corrected chi connectivity index (χ2v) is 6.18.